The second-order valence-electron chi connectivity index (χ2n) is 6.68. The van der Waals surface area contributed by atoms with E-state index >= 15 is 0 Å². The Balaban J connectivity index is 1.97. The number of aliphatic hydroxyl groups is 1. The lowest BCUT2D eigenvalue weighted by atomic mass is 9.79. The molecule has 0 heterocycles. The molecular weight excluding hydrogens is 280 g/mol. The van der Waals surface area contributed by atoms with E-state index in [1.54, 1.807) is 0 Å². The van der Waals surface area contributed by atoms with Crippen LogP contribution >= 0.6 is 0 Å². The van der Waals surface area contributed by atoms with Gasteiger partial charge in [-0.05, 0) is 52.1 Å². The number of hydrogen-bond donors (Lipinski definition) is 1. The third-order valence-corrected chi connectivity index (χ3v) is 5.35. The van der Waals surface area contributed by atoms with Crippen LogP contribution in [0.2, 0.25) is 0 Å². The average molecular weight is 298 g/mol. The van der Waals surface area contributed by atoms with Crippen molar-refractivity contribution in [3.05, 3.63) is 83.9 Å². The van der Waals surface area contributed by atoms with Crippen molar-refractivity contribution in [1.29, 1.82) is 0 Å². The Bertz CT molecular complexity index is 839. The molecule has 0 radical (unpaired) electrons. The van der Waals surface area contributed by atoms with Crippen LogP contribution in [0.15, 0.2) is 72.8 Å². The molecule has 0 spiro atoms. The van der Waals surface area contributed by atoms with Gasteiger partial charge in [0.25, 0.3) is 0 Å². The van der Waals surface area contributed by atoms with Gasteiger partial charge in [-0.15, -0.1) is 0 Å². The van der Waals surface area contributed by atoms with Gasteiger partial charge in [-0.3, -0.25) is 0 Å². The lowest BCUT2D eigenvalue weighted by Gasteiger charge is -2.31. The van der Waals surface area contributed by atoms with Crippen LogP contribution < -0.4 is 0 Å². The van der Waals surface area contributed by atoms with Crippen molar-refractivity contribution in [3.8, 4) is 22.3 Å². The lowest BCUT2D eigenvalue weighted by Crippen LogP contribution is -2.30. The summed E-state index contributed by atoms with van der Waals surface area (Å²) in [7, 11) is 0. The fraction of sp³-hybridized carbons (Fsp3) is 0.182. The second kappa shape index (κ2) is 4.56. The molecule has 1 heteroatoms. The highest BCUT2D eigenvalue weighted by atomic mass is 16.3. The Morgan fingerprint density at radius 2 is 1.00 bits per heavy atom. The van der Waals surface area contributed by atoms with Gasteiger partial charge in [-0.2, -0.15) is 0 Å². The molecule has 2 aliphatic carbocycles. The molecule has 112 valence electrons. The summed E-state index contributed by atoms with van der Waals surface area (Å²) in [6.45, 7) is 0. The van der Waals surface area contributed by atoms with Crippen LogP contribution in [0.1, 0.15) is 24.0 Å². The Labute approximate surface area is 136 Å². The fourth-order valence-corrected chi connectivity index (χ4v) is 4.14. The average Bonchev–Trinajstić information content (AvgIpc) is 3.46. The minimum Gasteiger partial charge on any atom is -0.380 e. The van der Waals surface area contributed by atoms with E-state index in [1.165, 1.54) is 11.1 Å². The highest BCUT2D eigenvalue weighted by Gasteiger charge is 2.49. The third kappa shape index (κ3) is 1.71. The first-order valence-corrected chi connectivity index (χ1v) is 8.31. The molecule has 0 saturated heterocycles. The van der Waals surface area contributed by atoms with Gasteiger partial charge < -0.3 is 5.11 Å². The number of hydrogen-bond acceptors (Lipinski definition) is 1. The minimum atomic E-state index is -0.883. The Kier molecular flexibility index (Phi) is 2.60. The maximum atomic E-state index is 11.9. The molecule has 0 atom stereocenters. The van der Waals surface area contributed by atoms with Crippen molar-refractivity contribution in [1.82, 2.24) is 0 Å². The number of fused-ring (bicyclic) bond motifs is 5. The molecule has 3 aromatic rings. The first-order chi connectivity index (χ1) is 11.3. The molecule has 0 amide bonds. The largest absolute Gasteiger partial charge is 0.380 e. The van der Waals surface area contributed by atoms with Crippen molar-refractivity contribution in [3.63, 3.8) is 0 Å². The first-order valence-electron chi connectivity index (χ1n) is 8.31. The standard InChI is InChI=1S/C22H18O/c23-22(15-13-14-15)20-11-5-3-9-18(20)16-7-1-2-8-17(16)19-10-4-6-12-21(19)22/h1-12,15,23H,13-14H2. The van der Waals surface area contributed by atoms with Crippen molar-refractivity contribution in [2.75, 3.05) is 0 Å². The summed E-state index contributed by atoms with van der Waals surface area (Å²) >= 11 is 0. The van der Waals surface area contributed by atoms with Crippen LogP contribution in [0, 0.1) is 5.92 Å². The fourth-order valence-electron chi connectivity index (χ4n) is 4.14. The first kappa shape index (κ1) is 13.1. The summed E-state index contributed by atoms with van der Waals surface area (Å²) in [6, 6.07) is 25.2. The summed E-state index contributed by atoms with van der Waals surface area (Å²) in [5.74, 6) is 0.319. The van der Waals surface area contributed by atoms with Gasteiger partial charge in [0, 0.05) is 0 Å². The van der Waals surface area contributed by atoms with Crippen molar-refractivity contribution < 1.29 is 5.11 Å². The van der Waals surface area contributed by atoms with Crippen LogP contribution in [0.5, 0.6) is 0 Å². The SMILES string of the molecule is OC1(C2CC2)c2ccccc2-c2ccccc2-c2ccccc21. The van der Waals surface area contributed by atoms with Gasteiger partial charge in [-0.1, -0.05) is 72.8 Å². The zero-order valence-electron chi connectivity index (χ0n) is 12.9. The molecule has 0 aliphatic heterocycles. The van der Waals surface area contributed by atoms with Gasteiger partial charge in [-0.25, -0.2) is 0 Å². The van der Waals surface area contributed by atoms with Crippen molar-refractivity contribution >= 4 is 0 Å². The second-order valence-corrected chi connectivity index (χ2v) is 6.68. The quantitative estimate of drug-likeness (QED) is 0.671. The lowest BCUT2D eigenvalue weighted by molar-refractivity contribution is 0.0578. The van der Waals surface area contributed by atoms with Gasteiger partial charge in [0.15, 0.2) is 0 Å². The monoisotopic (exact) mass is 298 g/mol. The molecule has 1 fully saturated rings. The minimum absolute atomic E-state index is 0.319. The molecule has 23 heavy (non-hydrogen) atoms. The molecule has 2 aliphatic rings. The maximum Gasteiger partial charge on any atom is 0.119 e. The van der Waals surface area contributed by atoms with Crippen LogP contribution in [-0.4, -0.2) is 5.11 Å². The zero-order chi connectivity index (χ0) is 15.4. The molecule has 1 saturated carbocycles. The van der Waals surface area contributed by atoms with Crippen molar-refractivity contribution in [2.45, 2.75) is 18.4 Å². The predicted octanol–water partition coefficient (Wildman–Crippen LogP) is 4.98. The van der Waals surface area contributed by atoms with Gasteiger partial charge in [0.1, 0.15) is 5.60 Å². The predicted molar refractivity (Wildman–Crippen MR) is 93.0 cm³/mol. The Morgan fingerprint density at radius 1 is 0.609 bits per heavy atom. The van der Waals surface area contributed by atoms with Crippen LogP contribution in [0.4, 0.5) is 0 Å². The van der Waals surface area contributed by atoms with E-state index in [-0.39, 0.29) is 0 Å². The summed E-state index contributed by atoms with van der Waals surface area (Å²) in [5, 5.41) is 11.9. The Hall–Kier alpha value is -2.38. The molecule has 5 rings (SSSR count). The third-order valence-electron chi connectivity index (χ3n) is 5.35. The van der Waals surface area contributed by atoms with E-state index in [1.807, 2.05) is 12.1 Å². The summed E-state index contributed by atoms with van der Waals surface area (Å²) < 4.78 is 0. The molecule has 0 aromatic heterocycles. The van der Waals surface area contributed by atoms with Crippen molar-refractivity contribution in [2.24, 2.45) is 5.92 Å². The molecule has 0 bridgehead atoms. The number of benzene rings is 3. The van der Waals surface area contributed by atoms with Crippen LogP contribution in [-0.2, 0) is 5.60 Å². The van der Waals surface area contributed by atoms with E-state index in [0.29, 0.717) is 5.92 Å². The van der Waals surface area contributed by atoms with E-state index in [2.05, 4.69) is 60.7 Å². The summed E-state index contributed by atoms with van der Waals surface area (Å²) in [6.07, 6.45) is 2.19. The van der Waals surface area contributed by atoms with E-state index in [0.717, 1.165) is 35.1 Å². The van der Waals surface area contributed by atoms with E-state index in [4.69, 9.17) is 0 Å². The zero-order valence-corrected chi connectivity index (χ0v) is 12.9. The topological polar surface area (TPSA) is 20.2 Å². The molecule has 3 aromatic carbocycles. The Morgan fingerprint density at radius 3 is 1.43 bits per heavy atom. The molecular formula is C22H18O. The van der Waals surface area contributed by atoms with E-state index < -0.39 is 5.60 Å². The highest BCUT2D eigenvalue weighted by molar-refractivity contribution is 5.89. The molecule has 0 unspecified atom stereocenters. The van der Waals surface area contributed by atoms with Gasteiger partial charge in [0.05, 0.1) is 0 Å². The maximum absolute atomic E-state index is 11.9. The highest BCUT2D eigenvalue weighted by Crippen LogP contribution is 2.56. The normalized spacial score (nSPS) is 17.6. The number of rotatable bonds is 1. The van der Waals surface area contributed by atoms with Crippen LogP contribution in [0.25, 0.3) is 22.3 Å². The summed E-state index contributed by atoms with van der Waals surface area (Å²) in [4.78, 5) is 0. The van der Waals surface area contributed by atoms with Gasteiger partial charge in [0.2, 0.25) is 0 Å². The summed E-state index contributed by atoms with van der Waals surface area (Å²) in [5.41, 5.74) is 5.98. The smallest absolute Gasteiger partial charge is 0.119 e. The van der Waals surface area contributed by atoms with Gasteiger partial charge >= 0.3 is 0 Å². The molecule has 1 nitrogen and oxygen atoms in total. The van der Waals surface area contributed by atoms with Crippen LogP contribution in [0.3, 0.4) is 0 Å². The molecule has 1 N–H and O–H groups in total. The van der Waals surface area contributed by atoms with E-state index in [9.17, 15) is 5.11 Å².